The van der Waals surface area contributed by atoms with E-state index >= 15 is 0 Å². The summed E-state index contributed by atoms with van der Waals surface area (Å²) in [6, 6.07) is -2.06. The van der Waals surface area contributed by atoms with Gasteiger partial charge in [-0.15, -0.1) is 0 Å². The molecule has 1 saturated carbocycles. The zero-order chi connectivity index (χ0) is 26.1. The number of rotatable bonds is 11. The molecule has 11 nitrogen and oxygen atoms in total. The Balaban J connectivity index is 2.55. The van der Waals surface area contributed by atoms with Gasteiger partial charge in [-0.3, -0.25) is 14.4 Å². The van der Waals surface area contributed by atoms with Crippen molar-refractivity contribution in [2.45, 2.75) is 90.8 Å². The van der Waals surface area contributed by atoms with Crippen molar-refractivity contribution in [1.29, 1.82) is 0 Å². The minimum absolute atomic E-state index is 0.0884. The molecule has 0 aliphatic heterocycles. The van der Waals surface area contributed by atoms with Gasteiger partial charge in [0.25, 0.3) is 0 Å². The third-order valence-electron chi connectivity index (χ3n) is 5.97. The van der Waals surface area contributed by atoms with Gasteiger partial charge in [-0.1, -0.05) is 20.3 Å². The SMILES string of the molecule is CC[C@H](C)[C@@H](NC(=O)OC(C)(C)C)C(=O)NCC1CCC(C(=O)N[C@@H](CC(N)=O)C(=O)O)CC1. The van der Waals surface area contributed by atoms with Gasteiger partial charge in [0.05, 0.1) is 6.42 Å². The average molecular weight is 485 g/mol. The highest BCUT2D eigenvalue weighted by Gasteiger charge is 2.32. The first kappa shape index (κ1) is 29.2. The van der Waals surface area contributed by atoms with Crippen LogP contribution in [0.2, 0.25) is 0 Å². The van der Waals surface area contributed by atoms with Crippen LogP contribution in [0.5, 0.6) is 0 Å². The third kappa shape index (κ3) is 10.4. The summed E-state index contributed by atoms with van der Waals surface area (Å²) in [5.74, 6) is -3.08. The maximum atomic E-state index is 12.8. The Morgan fingerprint density at radius 3 is 2.12 bits per heavy atom. The average Bonchev–Trinajstić information content (AvgIpc) is 2.73. The van der Waals surface area contributed by atoms with Crippen molar-refractivity contribution in [3.8, 4) is 0 Å². The molecule has 1 aliphatic rings. The molecule has 0 spiro atoms. The molecule has 0 aromatic carbocycles. The summed E-state index contributed by atoms with van der Waals surface area (Å²) >= 11 is 0. The Hall–Kier alpha value is -2.85. The van der Waals surface area contributed by atoms with Gasteiger partial charge >= 0.3 is 12.1 Å². The van der Waals surface area contributed by atoms with Crippen LogP contribution in [-0.4, -0.2) is 59.1 Å². The van der Waals surface area contributed by atoms with Crippen LogP contribution in [0.3, 0.4) is 0 Å². The minimum Gasteiger partial charge on any atom is -0.480 e. The molecule has 194 valence electrons. The fraction of sp³-hybridized carbons (Fsp3) is 0.783. The van der Waals surface area contributed by atoms with Gasteiger partial charge in [-0.25, -0.2) is 9.59 Å². The van der Waals surface area contributed by atoms with Gasteiger partial charge in [0.2, 0.25) is 17.7 Å². The molecular formula is C23H40N4O7. The number of primary amides is 1. The van der Waals surface area contributed by atoms with Gasteiger partial charge in [-0.05, 0) is 58.3 Å². The second kappa shape index (κ2) is 13.1. The second-order valence-electron chi connectivity index (χ2n) is 10.0. The summed E-state index contributed by atoms with van der Waals surface area (Å²) in [5, 5.41) is 17.1. The molecule has 11 heteroatoms. The lowest BCUT2D eigenvalue weighted by Gasteiger charge is -2.30. The normalized spacial score (nSPS) is 20.9. The highest BCUT2D eigenvalue weighted by Crippen LogP contribution is 2.28. The Kier molecular flexibility index (Phi) is 11.3. The number of carbonyl (C=O) groups excluding carboxylic acids is 4. The highest BCUT2D eigenvalue weighted by molar-refractivity contribution is 5.89. The van der Waals surface area contributed by atoms with Gasteiger partial charge < -0.3 is 31.5 Å². The molecule has 0 heterocycles. The number of carbonyl (C=O) groups is 5. The van der Waals surface area contributed by atoms with Crippen molar-refractivity contribution in [3.63, 3.8) is 0 Å². The van der Waals surface area contributed by atoms with Gasteiger partial charge in [0, 0.05) is 12.5 Å². The number of nitrogens with two attached hydrogens (primary N) is 1. The molecule has 0 saturated heterocycles. The Labute approximate surface area is 200 Å². The minimum atomic E-state index is -1.34. The summed E-state index contributed by atoms with van der Waals surface area (Å²) in [5.41, 5.74) is 4.37. The zero-order valence-electron chi connectivity index (χ0n) is 20.8. The number of amides is 4. The highest BCUT2D eigenvalue weighted by atomic mass is 16.6. The van der Waals surface area contributed by atoms with Crippen LogP contribution in [0, 0.1) is 17.8 Å². The van der Waals surface area contributed by atoms with Gasteiger partial charge in [-0.2, -0.15) is 0 Å². The fourth-order valence-electron chi connectivity index (χ4n) is 3.81. The number of hydrogen-bond donors (Lipinski definition) is 5. The van der Waals surface area contributed by atoms with E-state index in [-0.39, 0.29) is 23.7 Å². The predicted octanol–water partition coefficient (Wildman–Crippen LogP) is 1.29. The maximum absolute atomic E-state index is 12.8. The third-order valence-corrected chi connectivity index (χ3v) is 5.97. The van der Waals surface area contributed by atoms with Crippen LogP contribution >= 0.6 is 0 Å². The van der Waals surface area contributed by atoms with Crippen LogP contribution in [0.1, 0.15) is 73.1 Å². The Morgan fingerprint density at radius 2 is 1.65 bits per heavy atom. The molecule has 0 radical (unpaired) electrons. The number of aliphatic carboxylic acids is 1. The molecule has 0 aromatic heterocycles. The topological polar surface area (TPSA) is 177 Å². The summed E-state index contributed by atoms with van der Waals surface area (Å²) in [7, 11) is 0. The zero-order valence-corrected chi connectivity index (χ0v) is 20.8. The van der Waals surface area contributed by atoms with E-state index in [9.17, 15) is 24.0 Å². The van der Waals surface area contributed by atoms with Crippen molar-refractivity contribution in [2.24, 2.45) is 23.5 Å². The van der Waals surface area contributed by atoms with Crippen LogP contribution in [0.15, 0.2) is 0 Å². The molecule has 4 amide bonds. The molecule has 1 rings (SSSR count). The lowest BCUT2D eigenvalue weighted by atomic mass is 9.81. The summed E-state index contributed by atoms with van der Waals surface area (Å²) in [4.78, 5) is 59.6. The van der Waals surface area contributed by atoms with E-state index in [1.165, 1.54) is 0 Å². The second-order valence-corrected chi connectivity index (χ2v) is 10.0. The van der Waals surface area contributed by atoms with Crippen LogP contribution in [0.25, 0.3) is 0 Å². The molecule has 1 fully saturated rings. The van der Waals surface area contributed by atoms with Crippen LogP contribution in [-0.2, 0) is 23.9 Å². The predicted molar refractivity (Wildman–Crippen MR) is 124 cm³/mol. The number of nitrogens with one attached hydrogen (secondary N) is 3. The van der Waals surface area contributed by atoms with E-state index in [0.717, 1.165) is 0 Å². The standard InChI is InChI=1S/C23H40N4O7/c1-6-13(2)18(27-22(33)34-23(3,4)5)20(30)25-12-14-7-9-15(10-8-14)19(29)26-16(21(31)32)11-17(24)28/h13-16,18H,6-12H2,1-5H3,(H2,24,28)(H,25,30)(H,26,29)(H,27,33)(H,31,32)/t13-,14?,15?,16-,18+/m0/s1. The van der Waals surface area contributed by atoms with E-state index in [2.05, 4.69) is 16.0 Å². The smallest absolute Gasteiger partial charge is 0.408 e. The lowest BCUT2D eigenvalue weighted by Crippen LogP contribution is -2.52. The van der Waals surface area contributed by atoms with Gasteiger partial charge in [0.1, 0.15) is 17.7 Å². The number of alkyl carbamates (subject to hydrolysis) is 1. The van der Waals surface area contributed by atoms with Crippen molar-refractivity contribution < 1.29 is 33.8 Å². The van der Waals surface area contributed by atoms with Crippen LogP contribution < -0.4 is 21.7 Å². The van der Waals surface area contributed by atoms with E-state index in [1.807, 2.05) is 13.8 Å². The monoisotopic (exact) mass is 484 g/mol. The van der Waals surface area contributed by atoms with E-state index in [0.29, 0.717) is 38.6 Å². The molecule has 0 aromatic rings. The van der Waals surface area contributed by atoms with Gasteiger partial charge in [0.15, 0.2) is 0 Å². The molecule has 3 atom stereocenters. The first-order chi connectivity index (χ1) is 15.7. The molecule has 0 bridgehead atoms. The maximum Gasteiger partial charge on any atom is 0.408 e. The van der Waals surface area contributed by atoms with E-state index in [4.69, 9.17) is 15.6 Å². The summed E-state index contributed by atoms with van der Waals surface area (Å²) < 4.78 is 5.27. The van der Waals surface area contributed by atoms with Crippen LogP contribution in [0.4, 0.5) is 4.79 Å². The number of ether oxygens (including phenoxy) is 1. The molecule has 34 heavy (non-hydrogen) atoms. The number of hydrogen-bond acceptors (Lipinski definition) is 6. The first-order valence-corrected chi connectivity index (χ1v) is 11.8. The first-order valence-electron chi connectivity index (χ1n) is 11.8. The van der Waals surface area contributed by atoms with E-state index in [1.54, 1.807) is 20.8 Å². The molecule has 6 N–H and O–H groups in total. The van der Waals surface area contributed by atoms with Crippen molar-refractivity contribution in [1.82, 2.24) is 16.0 Å². The fourth-order valence-corrected chi connectivity index (χ4v) is 3.81. The summed E-state index contributed by atoms with van der Waals surface area (Å²) in [6.45, 7) is 9.49. The quantitative estimate of drug-likeness (QED) is 0.293. The lowest BCUT2D eigenvalue weighted by molar-refractivity contribution is -0.144. The molecule has 1 aliphatic carbocycles. The number of carboxylic acid groups (broad SMARTS) is 1. The Morgan fingerprint density at radius 1 is 1.06 bits per heavy atom. The van der Waals surface area contributed by atoms with E-state index < -0.39 is 48.0 Å². The van der Waals surface area contributed by atoms with Crippen molar-refractivity contribution in [2.75, 3.05) is 6.54 Å². The molecule has 0 unspecified atom stereocenters. The van der Waals surface area contributed by atoms with Crippen molar-refractivity contribution >= 4 is 29.8 Å². The molecular weight excluding hydrogens is 444 g/mol. The summed E-state index contributed by atoms with van der Waals surface area (Å²) in [6.07, 6.45) is 2.04. The number of carboxylic acids is 1. The van der Waals surface area contributed by atoms with Crippen molar-refractivity contribution in [3.05, 3.63) is 0 Å². The largest absolute Gasteiger partial charge is 0.480 e. The Bertz CT molecular complexity index is 742.